The topological polar surface area (TPSA) is 258 Å². The number of hydrogen-bond acceptors (Lipinski definition) is 16. The van der Waals surface area contributed by atoms with Gasteiger partial charge in [-0.3, -0.25) is 0 Å². The Kier molecular flexibility index (Phi) is 13.6. The van der Waals surface area contributed by atoms with Crippen LogP contribution in [0.4, 0.5) is 0 Å². The van der Waals surface area contributed by atoms with E-state index in [1.54, 1.807) is 24.3 Å². The number of benzene rings is 2. The maximum absolute atomic E-state index is 10.6. The lowest BCUT2D eigenvalue weighted by Crippen LogP contribution is -2.59. The molecule has 0 saturated carbocycles. The molecule has 2 aliphatic heterocycles. The van der Waals surface area contributed by atoms with Gasteiger partial charge in [0, 0.05) is 0 Å². The van der Waals surface area contributed by atoms with Gasteiger partial charge in [0.15, 0.2) is 35.6 Å². The number of phenols is 2. The molecule has 16 nitrogen and oxygen atoms in total. The number of hydrogen-bond donors (Lipinski definition) is 10. The van der Waals surface area contributed by atoms with E-state index in [-0.39, 0.29) is 49.1 Å². The van der Waals surface area contributed by atoms with Crippen molar-refractivity contribution in [3.8, 4) is 23.0 Å². The minimum absolute atomic E-state index is 0.0888. The predicted octanol–water partition coefficient (Wildman–Crippen LogP) is -2.23. The van der Waals surface area contributed by atoms with Crippen molar-refractivity contribution in [2.24, 2.45) is 11.8 Å². The minimum atomic E-state index is -1.67. The van der Waals surface area contributed by atoms with Gasteiger partial charge in [-0.15, -0.1) is 0 Å². The zero-order chi connectivity index (χ0) is 35.1. The number of aliphatic hydroxyl groups excluding tert-OH is 8. The lowest BCUT2D eigenvalue weighted by atomic mass is 9.83. The Balaban J connectivity index is 1.66. The Labute approximate surface area is 276 Å². The lowest BCUT2D eigenvalue weighted by molar-refractivity contribution is -0.308. The van der Waals surface area contributed by atoms with E-state index in [1.807, 2.05) is 0 Å². The summed E-state index contributed by atoms with van der Waals surface area (Å²) in [7, 11) is 2.79. The van der Waals surface area contributed by atoms with Gasteiger partial charge >= 0.3 is 0 Å². The van der Waals surface area contributed by atoms with E-state index in [4.69, 9.17) is 28.4 Å². The molecule has 2 fully saturated rings. The standard InChI is InChI=1S/C32H46O16/c1-43-21-9-15(3-5-19(21)35)7-17(13-45-31-29(41)27(39)25(37)23(11-33)47-31)18(8-16-4-6-20(36)22(10-16)44-2)14-46-32-30(42)28(40)26(38)24(12-34)48-32/h3-6,9-10,17-18,23-42H,7-8,11-14H2,1-2H3/t17-,18-,23-,24?,25-,26-,27+,28+,29-,30?,31-,32-/m1/s1. The first kappa shape index (κ1) is 38.0. The van der Waals surface area contributed by atoms with Crippen molar-refractivity contribution in [1.82, 2.24) is 0 Å². The van der Waals surface area contributed by atoms with Crippen LogP contribution in [0.5, 0.6) is 23.0 Å². The van der Waals surface area contributed by atoms with E-state index in [0.717, 1.165) is 0 Å². The molecular formula is C32H46O16. The van der Waals surface area contributed by atoms with Gasteiger partial charge in [-0.05, 0) is 60.1 Å². The fourth-order valence-corrected chi connectivity index (χ4v) is 5.87. The van der Waals surface area contributed by atoms with E-state index >= 15 is 0 Å². The fourth-order valence-electron chi connectivity index (χ4n) is 5.87. The Morgan fingerprint density at radius 2 is 0.958 bits per heavy atom. The highest BCUT2D eigenvalue weighted by molar-refractivity contribution is 5.43. The molecule has 2 aliphatic rings. The van der Waals surface area contributed by atoms with Crippen LogP contribution in [0.3, 0.4) is 0 Å². The molecule has 0 aromatic heterocycles. The van der Waals surface area contributed by atoms with Crippen molar-refractivity contribution in [3.05, 3.63) is 47.5 Å². The van der Waals surface area contributed by atoms with Crippen LogP contribution in [0.1, 0.15) is 11.1 Å². The molecule has 10 N–H and O–H groups in total. The van der Waals surface area contributed by atoms with E-state index in [2.05, 4.69) is 0 Å². The van der Waals surface area contributed by atoms with Crippen molar-refractivity contribution >= 4 is 0 Å². The van der Waals surface area contributed by atoms with Crippen LogP contribution < -0.4 is 9.47 Å². The molecule has 0 amide bonds. The maximum atomic E-state index is 10.6. The Morgan fingerprint density at radius 3 is 1.29 bits per heavy atom. The van der Waals surface area contributed by atoms with Crippen LogP contribution in [0, 0.1) is 11.8 Å². The molecule has 2 heterocycles. The van der Waals surface area contributed by atoms with Crippen LogP contribution in [0.25, 0.3) is 0 Å². The van der Waals surface area contributed by atoms with Gasteiger partial charge in [-0.1, -0.05) is 12.1 Å². The number of methoxy groups -OCH3 is 2. The molecule has 0 radical (unpaired) electrons. The maximum Gasteiger partial charge on any atom is 0.186 e. The highest BCUT2D eigenvalue weighted by Gasteiger charge is 2.46. The number of aromatic hydroxyl groups is 2. The largest absolute Gasteiger partial charge is 0.504 e. The molecule has 2 aromatic rings. The van der Waals surface area contributed by atoms with Gasteiger partial charge in [0.1, 0.15) is 48.8 Å². The number of rotatable bonds is 15. The summed E-state index contributed by atoms with van der Waals surface area (Å²) in [6.45, 7) is -1.63. The van der Waals surface area contributed by atoms with Crippen molar-refractivity contribution in [2.75, 3.05) is 40.6 Å². The van der Waals surface area contributed by atoms with E-state index < -0.39 is 86.5 Å². The summed E-state index contributed by atoms with van der Waals surface area (Å²) in [5, 5.41) is 102. The number of phenolic OH excluding ortho intramolecular Hbond substituents is 2. The van der Waals surface area contributed by atoms with Gasteiger partial charge in [0.25, 0.3) is 0 Å². The van der Waals surface area contributed by atoms with Crippen LogP contribution >= 0.6 is 0 Å². The fraction of sp³-hybridized carbons (Fsp3) is 0.625. The Hall–Kier alpha value is -2.84. The summed E-state index contributed by atoms with van der Waals surface area (Å²) in [6.07, 6.45) is -14.7. The predicted molar refractivity (Wildman–Crippen MR) is 163 cm³/mol. The average Bonchev–Trinajstić information content (AvgIpc) is 3.09. The van der Waals surface area contributed by atoms with Crippen molar-refractivity contribution in [1.29, 1.82) is 0 Å². The second-order valence-corrected chi connectivity index (χ2v) is 12.0. The first-order valence-corrected chi connectivity index (χ1v) is 15.5. The van der Waals surface area contributed by atoms with Crippen LogP contribution in [-0.4, -0.2) is 153 Å². The zero-order valence-corrected chi connectivity index (χ0v) is 26.6. The first-order valence-electron chi connectivity index (χ1n) is 15.5. The molecule has 2 unspecified atom stereocenters. The lowest BCUT2D eigenvalue weighted by Gasteiger charge is -2.41. The zero-order valence-electron chi connectivity index (χ0n) is 26.6. The smallest absolute Gasteiger partial charge is 0.186 e. The summed E-state index contributed by atoms with van der Waals surface area (Å²) >= 11 is 0. The SMILES string of the molecule is COc1cc(C[C@H](CO[C@@H]2OC(CO)[C@@H](O)[C@H](O)C2O)[C@@H](CO[C@@H]2O[C@H](CO)[C@@H](O)[C@H](O)[C@H]2O)Cc2ccc(O)c(OC)c2)ccc1O. The van der Waals surface area contributed by atoms with Gasteiger partial charge < -0.3 is 79.5 Å². The summed E-state index contributed by atoms with van der Waals surface area (Å²) in [5.41, 5.74) is 1.38. The molecular weight excluding hydrogens is 640 g/mol. The molecule has 2 saturated heterocycles. The van der Waals surface area contributed by atoms with E-state index in [9.17, 15) is 51.1 Å². The third kappa shape index (κ3) is 8.84. The van der Waals surface area contributed by atoms with Crippen molar-refractivity contribution in [2.45, 2.75) is 74.3 Å². The van der Waals surface area contributed by atoms with Gasteiger partial charge in [-0.2, -0.15) is 0 Å². The molecule has 12 atom stereocenters. The molecule has 0 spiro atoms. The molecule has 48 heavy (non-hydrogen) atoms. The highest BCUT2D eigenvalue weighted by Crippen LogP contribution is 2.34. The molecule has 270 valence electrons. The van der Waals surface area contributed by atoms with Crippen LogP contribution in [-0.2, 0) is 31.8 Å². The van der Waals surface area contributed by atoms with Crippen molar-refractivity contribution < 1.29 is 79.5 Å². The summed E-state index contributed by atoms with van der Waals surface area (Å²) in [5.74, 6) is -0.854. The first-order chi connectivity index (χ1) is 22.9. The van der Waals surface area contributed by atoms with Gasteiger partial charge in [0.05, 0.1) is 40.6 Å². The van der Waals surface area contributed by atoms with Crippen LogP contribution in [0.2, 0.25) is 0 Å². The second kappa shape index (κ2) is 17.2. The second-order valence-electron chi connectivity index (χ2n) is 12.0. The third-order valence-corrected chi connectivity index (χ3v) is 8.80. The normalized spacial score (nSPS) is 32.0. The van der Waals surface area contributed by atoms with E-state index in [0.29, 0.717) is 11.1 Å². The molecule has 16 heteroatoms. The quantitative estimate of drug-likeness (QED) is 0.0951. The number of aliphatic hydroxyl groups is 8. The highest BCUT2D eigenvalue weighted by atomic mass is 16.7. The summed E-state index contributed by atoms with van der Waals surface area (Å²) < 4.78 is 33.6. The van der Waals surface area contributed by atoms with Gasteiger partial charge in [-0.25, -0.2) is 0 Å². The third-order valence-electron chi connectivity index (χ3n) is 8.80. The molecule has 0 bridgehead atoms. The summed E-state index contributed by atoms with van der Waals surface area (Å²) in [6, 6.07) is 9.47. The molecule has 0 aliphatic carbocycles. The van der Waals surface area contributed by atoms with Crippen LogP contribution in [0.15, 0.2) is 36.4 Å². The Bertz CT molecular complexity index is 1200. The molecule has 4 rings (SSSR count). The van der Waals surface area contributed by atoms with Crippen molar-refractivity contribution in [3.63, 3.8) is 0 Å². The molecule has 2 aromatic carbocycles. The monoisotopic (exact) mass is 686 g/mol. The number of ether oxygens (including phenoxy) is 6. The average molecular weight is 687 g/mol. The van der Waals surface area contributed by atoms with Gasteiger partial charge in [0.2, 0.25) is 0 Å². The van der Waals surface area contributed by atoms with E-state index in [1.165, 1.54) is 26.4 Å². The Morgan fingerprint density at radius 1 is 0.583 bits per heavy atom. The summed E-state index contributed by atoms with van der Waals surface area (Å²) in [4.78, 5) is 0. The minimum Gasteiger partial charge on any atom is -0.504 e.